The van der Waals surface area contributed by atoms with Crippen LogP contribution in [0.2, 0.25) is 0 Å². The molecule has 0 saturated carbocycles. The van der Waals surface area contributed by atoms with Crippen molar-refractivity contribution in [1.29, 1.82) is 0 Å². The second kappa shape index (κ2) is 9.16. The Morgan fingerprint density at radius 3 is 2.86 bits per heavy atom. The van der Waals surface area contributed by atoms with Gasteiger partial charge in [-0.25, -0.2) is 0 Å². The maximum atomic E-state index is 5.42. The van der Waals surface area contributed by atoms with Crippen molar-refractivity contribution in [3.63, 3.8) is 0 Å². The van der Waals surface area contributed by atoms with Crippen molar-refractivity contribution in [3.05, 3.63) is 34.3 Å². The molecule has 1 aromatic rings. The van der Waals surface area contributed by atoms with Crippen LogP contribution in [0.15, 0.2) is 33.7 Å². The van der Waals surface area contributed by atoms with Gasteiger partial charge in [-0.05, 0) is 42.9 Å². The molecule has 0 radical (unpaired) electrons. The summed E-state index contributed by atoms with van der Waals surface area (Å²) >= 11 is 3.51. The molecule has 1 aliphatic heterocycles. The van der Waals surface area contributed by atoms with Crippen LogP contribution >= 0.6 is 15.9 Å². The summed E-state index contributed by atoms with van der Waals surface area (Å²) in [6, 6.07) is 8.34. The Kier molecular flexibility index (Phi) is 7.19. The second-order valence-corrected chi connectivity index (χ2v) is 6.71. The lowest BCUT2D eigenvalue weighted by atomic mass is 9.96. The van der Waals surface area contributed by atoms with Crippen LogP contribution in [0.4, 0.5) is 0 Å². The van der Waals surface area contributed by atoms with Crippen LogP contribution < -0.4 is 5.32 Å². The SMILES string of the molecule is CN=C(NCc1cccc(Br)c1)N(C)CCC1CCOCC1. The Morgan fingerprint density at radius 2 is 2.18 bits per heavy atom. The van der Waals surface area contributed by atoms with E-state index in [1.807, 2.05) is 13.1 Å². The Bertz CT molecular complexity index is 487. The first-order valence-electron chi connectivity index (χ1n) is 7.93. The van der Waals surface area contributed by atoms with Crippen LogP contribution in [0.3, 0.4) is 0 Å². The molecule has 5 heteroatoms. The van der Waals surface area contributed by atoms with E-state index in [2.05, 4.69) is 56.4 Å². The number of nitrogens with zero attached hydrogens (tertiary/aromatic N) is 2. The molecule has 0 atom stereocenters. The number of nitrogens with one attached hydrogen (secondary N) is 1. The summed E-state index contributed by atoms with van der Waals surface area (Å²) in [6.45, 7) is 3.66. The van der Waals surface area contributed by atoms with E-state index in [0.717, 1.165) is 42.7 Å². The molecule has 4 nitrogen and oxygen atoms in total. The summed E-state index contributed by atoms with van der Waals surface area (Å²) in [5.41, 5.74) is 1.24. The lowest BCUT2D eigenvalue weighted by molar-refractivity contribution is 0.0625. The van der Waals surface area contributed by atoms with Crippen LogP contribution in [0.25, 0.3) is 0 Å². The lowest BCUT2D eigenvalue weighted by Crippen LogP contribution is -2.39. The number of ether oxygens (including phenoxy) is 1. The maximum absolute atomic E-state index is 5.42. The minimum atomic E-state index is 0.785. The van der Waals surface area contributed by atoms with Crippen LogP contribution in [0, 0.1) is 5.92 Å². The van der Waals surface area contributed by atoms with E-state index in [1.54, 1.807) is 0 Å². The highest BCUT2D eigenvalue weighted by Crippen LogP contribution is 2.18. The summed E-state index contributed by atoms with van der Waals surface area (Å²) < 4.78 is 6.52. The highest BCUT2D eigenvalue weighted by molar-refractivity contribution is 9.10. The molecule has 0 unspecified atom stereocenters. The molecule has 22 heavy (non-hydrogen) atoms. The van der Waals surface area contributed by atoms with Crippen molar-refractivity contribution in [1.82, 2.24) is 10.2 Å². The first-order chi connectivity index (χ1) is 10.7. The van der Waals surface area contributed by atoms with Gasteiger partial charge in [-0.1, -0.05) is 28.1 Å². The van der Waals surface area contributed by atoms with E-state index < -0.39 is 0 Å². The van der Waals surface area contributed by atoms with Gasteiger partial charge in [-0.2, -0.15) is 0 Å². The van der Waals surface area contributed by atoms with Crippen molar-refractivity contribution < 1.29 is 4.74 Å². The molecule has 1 fully saturated rings. The molecule has 2 rings (SSSR count). The topological polar surface area (TPSA) is 36.9 Å². The standard InChI is InChI=1S/C17H26BrN3O/c1-19-17(20-13-15-4-3-5-16(18)12-15)21(2)9-6-14-7-10-22-11-8-14/h3-5,12,14H,6-11,13H2,1-2H3,(H,19,20). The summed E-state index contributed by atoms with van der Waals surface area (Å²) in [6.07, 6.45) is 3.59. The molecule has 1 aliphatic rings. The number of benzene rings is 1. The third kappa shape index (κ3) is 5.61. The van der Waals surface area contributed by atoms with Crippen molar-refractivity contribution in [3.8, 4) is 0 Å². The number of hydrogen-bond donors (Lipinski definition) is 1. The maximum Gasteiger partial charge on any atom is 0.193 e. The number of guanidine groups is 1. The predicted molar refractivity (Wildman–Crippen MR) is 95.1 cm³/mol. The molecule has 0 spiro atoms. The minimum absolute atomic E-state index is 0.785. The van der Waals surface area contributed by atoms with Gasteiger partial charge < -0.3 is 15.0 Å². The monoisotopic (exact) mass is 367 g/mol. The van der Waals surface area contributed by atoms with Crippen LogP contribution in [0.1, 0.15) is 24.8 Å². The zero-order chi connectivity index (χ0) is 15.8. The number of halogens is 1. The number of rotatable bonds is 5. The third-order valence-corrected chi connectivity index (χ3v) is 4.62. The molecule has 0 aromatic heterocycles. The van der Waals surface area contributed by atoms with E-state index >= 15 is 0 Å². The average molecular weight is 368 g/mol. The summed E-state index contributed by atoms with van der Waals surface area (Å²) in [7, 11) is 3.95. The smallest absolute Gasteiger partial charge is 0.193 e. The van der Waals surface area contributed by atoms with Crippen LogP contribution in [-0.2, 0) is 11.3 Å². The molecule has 122 valence electrons. The minimum Gasteiger partial charge on any atom is -0.381 e. The fraction of sp³-hybridized carbons (Fsp3) is 0.588. The molecule has 1 N–H and O–H groups in total. The summed E-state index contributed by atoms with van der Waals surface area (Å²) in [5, 5.41) is 3.43. The van der Waals surface area contributed by atoms with Gasteiger partial charge in [-0.3, -0.25) is 4.99 Å². The highest BCUT2D eigenvalue weighted by Gasteiger charge is 2.15. The van der Waals surface area contributed by atoms with E-state index in [-0.39, 0.29) is 0 Å². The quantitative estimate of drug-likeness (QED) is 0.640. The van der Waals surface area contributed by atoms with Crippen molar-refractivity contribution in [2.75, 3.05) is 33.9 Å². The summed E-state index contributed by atoms with van der Waals surface area (Å²) in [5.74, 6) is 1.74. The summed E-state index contributed by atoms with van der Waals surface area (Å²) in [4.78, 5) is 6.60. The van der Waals surface area contributed by atoms with E-state index in [9.17, 15) is 0 Å². The van der Waals surface area contributed by atoms with E-state index in [0.29, 0.717) is 0 Å². The van der Waals surface area contributed by atoms with Gasteiger partial charge in [0.2, 0.25) is 0 Å². The Morgan fingerprint density at radius 1 is 1.41 bits per heavy atom. The van der Waals surface area contributed by atoms with Gasteiger partial charge in [0.1, 0.15) is 0 Å². The fourth-order valence-electron chi connectivity index (χ4n) is 2.73. The van der Waals surface area contributed by atoms with E-state index in [4.69, 9.17) is 4.74 Å². The van der Waals surface area contributed by atoms with Gasteiger partial charge in [0.25, 0.3) is 0 Å². The number of hydrogen-bond acceptors (Lipinski definition) is 2. The molecule has 1 saturated heterocycles. The van der Waals surface area contributed by atoms with Gasteiger partial charge in [0.15, 0.2) is 5.96 Å². The van der Waals surface area contributed by atoms with Crippen LogP contribution in [-0.4, -0.2) is 44.7 Å². The highest BCUT2D eigenvalue weighted by atomic mass is 79.9. The fourth-order valence-corrected chi connectivity index (χ4v) is 3.18. The number of aliphatic imine (C=N–C) groups is 1. The second-order valence-electron chi connectivity index (χ2n) is 5.80. The molecule has 0 bridgehead atoms. The first kappa shape index (κ1) is 17.3. The predicted octanol–water partition coefficient (Wildman–Crippen LogP) is 3.27. The Labute approximate surface area is 142 Å². The van der Waals surface area contributed by atoms with E-state index in [1.165, 1.54) is 24.8 Å². The van der Waals surface area contributed by atoms with Crippen LogP contribution in [0.5, 0.6) is 0 Å². The molecular weight excluding hydrogens is 342 g/mol. The lowest BCUT2D eigenvalue weighted by Gasteiger charge is -2.26. The van der Waals surface area contributed by atoms with Crippen molar-refractivity contribution in [2.24, 2.45) is 10.9 Å². The molecule has 1 heterocycles. The van der Waals surface area contributed by atoms with Crippen molar-refractivity contribution >= 4 is 21.9 Å². The molecule has 0 aliphatic carbocycles. The van der Waals surface area contributed by atoms with Gasteiger partial charge in [0.05, 0.1) is 0 Å². The largest absolute Gasteiger partial charge is 0.381 e. The molecule has 0 amide bonds. The zero-order valence-electron chi connectivity index (χ0n) is 13.5. The van der Waals surface area contributed by atoms with Gasteiger partial charge in [0, 0.05) is 44.9 Å². The normalized spacial score (nSPS) is 16.6. The zero-order valence-corrected chi connectivity index (χ0v) is 15.1. The Hall–Kier alpha value is -1.07. The third-order valence-electron chi connectivity index (χ3n) is 4.13. The molecule has 1 aromatic carbocycles. The Balaban J connectivity index is 1.77. The average Bonchev–Trinajstić information content (AvgIpc) is 2.54. The van der Waals surface area contributed by atoms with Gasteiger partial charge in [-0.15, -0.1) is 0 Å². The molecular formula is C17H26BrN3O. The van der Waals surface area contributed by atoms with Crippen molar-refractivity contribution in [2.45, 2.75) is 25.8 Å². The first-order valence-corrected chi connectivity index (χ1v) is 8.72. The van der Waals surface area contributed by atoms with Gasteiger partial charge >= 0.3 is 0 Å².